The van der Waals surface area contributed by atoms with E-state index < -0.39 is 0 Å². The van der Waals surface area contributed by atoms with E-state index in [4.69, 9.17) is 0 Å². The third kappa shape index (κ3) is 2.71. The van der Waals surface area contributed by atoms with Crippen LogP contribution in [0.1, 0.15) is 0 Å². The van der Waals surface area contributed by atoms with E-state index in [0.717, 1.165) is 5.82 Å². The molecular weight excluding hydrogens is 308 g/mol. The number of urea groups is 1. The molecule has 0 radical (unpaired) electrons. The van der Waals surface area contributed by atoms with Crippen molar-refractivity contribution in [2.45, 2.75) is 0 Å². The quantitative estimate of drug-likeness (QED) is 0.752. The molecule has 9 heteroatoms. The van der Waals surface area contributed by atoms with Gasteiger partial charge in [-0.3, -0.25) is 9.97 Å². The Morgan fingerprint density at radius 3 is 2.75 bits per heavy atom. The molecule has 0 aliphatic carbocycles. The summed E-state index contributed by atoms with van der Waals surface area (Å²) in [5, 5.41) is 7.09. The molecule has 0 saturated carbocycles. The minimum Gasteiger partial charge on any atom is -0.352 e. The van der Waals surface area contributed by atoms with Crippen molar-refractivity contribution in [3.63, 3.8) is 0 Å². The molecule has 1 N–H and O–H groups in total. The lowest BCUT2D eigenvalue weighted by atomic mass is 10.3. The number of carbonyl (C=O) groups is 1. The van der Waals surface area contributed by atoms with Crippen molar-refractivity contribution in [3.05, 3.63) is 43.2 Å². The molecule has 3 aromatic heterocycles. The van der Waals surface area contributed by atoms with Gasteiger partial charge >= 0.3 is 6.03 Å². The average molecular weight is 324 g/mol. The zero-order chi connectivity index (χ0) is 16.4. The second-order valence-electron chi connectivity index (χ2n) is 5.44. The maximum Gasteiger partial charge on any atom is 0.322 e. The van der Waals surface area contributed by atoms with Gasteiger partial charge in [0, 0.05) is 32.4 Å². The molecule has 3 aromatic rings. The van der Waals surface area contributed by atoms with Crippen molar-refractivity contribution < 1.29 is 4.79 Å². The van der Waals surface area contributed by atoms with Crippen molar-refractivity contribution in [1.82, 2.24) is 29.5 Å². The highest BCUT2D eigenvalue weighted by Gasteiger charge is 2.23. The number of nitrogens with one attached hydrogen (secondary N) is 1. The number of amides is 2. The number of hydrogen-bond acceptors (Lipinski definition) is 6. The lowest BCUT2D eigenvalue weighted by Crippen LogP contribution is -2.50. The van der Waals surface area contributed by atoms with Crippen LogP contribution >= 0.6 is 0 Å². The number of anilines is 2. The fourth-order valence-electron chi connectivity index (χ4n) is 2.73. The van der Waals surface area contributed by atoms with Crippen LogP contribution in [0.2, 0.25) is 0 Å². The summed E-state index contributed by atoms with van der Waals surface area (Å²) in [6, 6.07) is 3.50. The number of pyridine rings is 1. The molecule has 9 nitrogen and oxygen atoms in total. The molecule has 0 bridgehead atoms. The Hall–Kier alpha value is -3.23. The maximum atomic E-state index is 12.3. The molecule has 0 aromatic carbocycles. The standard InChI is InChI=1S/C15H16N8O/c24-15(20-12-2-1-3-16-8-12)22-6-4-21(5-7-22)14-10-17-9-13-18-11-19-23(13)14/h1-3,8-11H,4-7H2,(H,20,24). The molecule has 1 fully saturated rings. The highest BCUT2D eigenvalue weighted by atomic mass is 16.2. The topological polar surface area (TPSA) is 91.5 Å². The van der Waals surface area contributed by atoms with Gasteiger partial charge in [-0.2, -0.15) is 9.61 Å². The van der Waals surface area contributed by atoms with E-state index in [9.17, 15) is 4.79 Å². The monoisotopic (exact) mass is 324 g/mol. The van der Waals surface area contributed by atoms with Crippen LogP contribution in [0, 0.1) is 0 Å². The van der Waals surface area contributed by atoms with E-state index >= 15 is 0 Å². The number of nitrogens with zero attached hydrogens (tertiary/aromatic N) is 7. The zero-order valence-electron chi connectivity index (χ0n) is 12.9. The summed E-state index contributed by atoms with van der Waals surface area (Å²) in [5.41, 5.74) is 1.41. The van der Waals surface area contributed by atoms with Crippen molar-refractivity contribution in [2.75, 3.05) is 36.4 Å². The van der Waals surface area contributed by atoms with Gasteiger partial charge in [0.05, 0.1) is 24.3 Å². The zero-order valence-corrected chi connectivity index (χ0v) is 12.9. The van der Waals surface area contributed by atoms with Crippen LogP contribution in [0.25, 0.3) is 5.65 Å². The summed E-state index contributed by atoms with van der Waals surface area (Å²) >= 11 is 0. The third-order valence-electron chi connectivity index (χ3n) is 3.97. The van der Waals surface area contributed by atoms with Crippen molar-refractivity contribution in [3.8, 4) is 0 Å². The molecule has 1 saturated heterocycles. The smallest absolute Gasteiger partial charge is 0.322 e. The Morgan fingerprint density at radius 2 is 1.96 bits per heavy atom. The van der Waals surface area contributed by atoms with Gasteiger partial charge in [0.15, 0.2) is 11.5 Å². The molecule has 2 amide bonds. The maximum absolute atomic E-state index is 12.3. The molecular formula is C15H16N8O. The number of hydrogen-bond donors (Lipinski definition) is 1. The molecule has 1 aliphatic rings. The van der Waals surface area contributed by atoms with Gasteiger partial charge in [0.1, 0.15) is 6.33 Å². The Morgan fingerprint density at radius 1 is 1.08 bits per heavy atom. The first-order valence-corrected chi connectivity index (χ1v) is 7.66. The second kappa shape index (κ2) is 6.11. The molecule has 0 unspecified atom stereocenters. The van der Waals surface area contributed by atoms with Gasteiger partial charge in [-0.15, -0.1) is 0 Å². The Labute approximate surface area is 138 Å². The minimum atomic E-state index is -0.111. The number of rotatable bonds is 2. The molecule has 0 spiro atoms. The molecule has 0 atom stereocenters. The predicted octanol–water partition coefficient (Wildman–Crippen LogP) is 0.873. The normalized spacial score (nSPS) is 14.8. The van der Waals surface area contributed by atoms with E-state index in [0.29, 0.717) is 37.5 Å². The number of aromatic nitrogens is 5. The Kier molecular flexibility index (Phi) is 3.66. The van der Waals surface area contributed by atoms with Crippen molar-refractivity contribution in [1.29, 1.82) is 0 Å². The van der Waals surface area contributed by atoms with E-state index in [1.807, 2.05) is 6.07 Å². The fourth-order valence-corrected chi connectivity index (χ4v) is 2.73. The Bertz CT molecular complexity index is 841. The lowest BCUT2D eigenvalue weighted by molar-refractivity contribution is 0.208. The summed E-state index contributed by atoms with van der Waals surface area (Å²) < 4.78 is 1.76. The van der Waals surface area contributed by atoms with Crippen LogP contribution in [-0.4, -0.2) is 61.7 Å². The first-order valence-electron chi connectivity index (χ1n) is 7.66. The van der Waals surface area contributed by atoms with Gasteiger partial charge in [-0.1, -0.05) is 0 Å². The highest BCUT2D eigenvalue weighted by molar-refractivity contribution is 5.89. The third-order valence-corrected chi connectivity index (χ3v) is 3.97. The van der Waals surface area contributed by atoms with Gasteiger partial charge in [0.2, 0.25) is 0 Å². The summed E-state index contributed by atoms with van der Waals surface area (Å²) in [4.78, 5) is 28.6. The average Bonchev–Trinajstić information content (AvgIpc) is 3.11. The van der Waals surface area contributed by atoms with E-state index in [-0.39, 0.29) is 6.03 Å². The summed E-state index contributed by atoms with van der Waals surface area (Å²) in [6.07, 6.45) is 8.26. The molecule has 4 rings (SSSR count). The van der Waals surface area contributed by atoms with Gasteiger partial charge in [-0.05, 0) is 12.1 Å². The van der Waals surface area contributed by atoms with Crippen LogP contribution < -0.4 is 10.2 Å². The predicted molar refractivity (Wildman–Crippen MR) is 87.8 cm³/mol. The SMILES string of the molecule is O=C(Nc1cccnc1)N1CCN(c2cncc3ncnn23)CC1. The second-order valence-corrected chi connectivity index (χ2v) is 5.44. The molecule has 122 valence electrons. The summed E-state index contributed by atoms with van der Waals surface area (Å²) in [6.45, 7) is 2.66. The first-order chi connectivity index (χ1) is 11.8. The van der Waals surface area contributed by atoms with E-state index in [2.05, 4.69) is 30.3 Å². The Balaban J connectivity index is 1.41. The highest BCUT2D eigenvalue weighted by Crippen LogP contribution is 2.16. The molecule has 1 aliphatic heterocycles. The number of carbonyl (C=O) groups excluding carboxylic acids is 1. The molecule has 4 heterocycles. The fraction of sp³-hybridized carbons (Fsp3) is 0.267. The van der Waals surface area contributed by atoms with Crippen LogP contribution in [-0.2, 0) is 0 Å². The van der Waals surface area contributed by atoms with Gasteiger partial charge < -0.3 is 15.1 Å². The van der Waals surface area contributed by atoms with Gasteiger partial charge in [0.25, 0.3) is 0 Å². The van der Waals surface area contributed by atoms with E-state index in [1.54, 1.807) is 40.3 Å². The number of piperazine rings is 1. The van der Waals surface area contributed by atoms with Crippen LogP contribution in [0.15, 0.2) is 43.2 Å². The summed E-state index contributed by atoms with van der Waals surface area (Å²) in [5.74, 6) is 0.886. The van der Waals surface area contributed by atoms with E-state index in [1.165, 1.54) is 6.33 Å². The largest absolute Gasteiger partial charge is 0.352 e. The lowest BCUT2D eigenvalue weighted by Gasteiger charge is -2.35. The summed E-state index contributed by atoms with van der Waals surface area (Å²) in [7, 11) is 0. The number of fused-ring (bicyclic) bond motifs is 1. The van der Waals surface area contributed by atoms with Crippen molar-refractivity contribution in [2.24, 2.45) is 0 Å². The van der Waals surface area contributed by atoms with Crippen LogP contribution in [0.3, 0.4) is 0 Å². The van der Waals surface area contributed by atoms with Crippen molar-refractivity contribution >= 4 is 23.2 Å². The molecule has 24 heavy (non-hydrogen) atoms. The van der Waals surface area contributed by atoms with Crippen LogP contribution in [0.4, 0.5) is 16.3 Å². The minimum absolute atomic E-state index is 0.111. The van der Waals surface area contributed by atoms with Crippen LogP contribution in [0.5, 0.6) is 0 Å². The van der Waals surface area contributed by atoms with Gasteiger partial charge in [-0.25, -0.2) is 9.78 Å². The first kappa shape index (κ1) is 14.4.